The first kappa shape index (κ1) is 16.1. The fraction of sp³-hybridized carbons (Fsp3) is 0.111. The van der Waals surface area contributed by atoms with Crippen LogP contribution in [0.25, 0.3) is 0 Å². The summed E-state index contributed by atoms with van der Waals surface area (Å²) in [5.41, 5.74) is 1.40. The zero-order valence-electron chi connectivity index (χ0n) is 13.2. The molecule has 122 valence electrons. The van der Waals surface area contributed by atoms with Gasteiger partial charge in [0.2, 0.25) is 0 Å². The molecule has 3 rings (SSSR count). The second-order valence-corrected chi connectivity index (χ2v) is 5.65. The van der Waals surface area contributed by atoms with Gasteiger partial charge in [-0.2, -0.15) is 0 Å². The van der Waals surface area contributed by atoms with E-state index in [0.717, 1.165) is 0 Å². The van der Waals surface area contributed by atoms with E-state index in [0.29, 0.717) is 39.2 Å². The third kappa shape index (κ3) is 3.41. The van der Waals surface area contributed by atoms with Crippen molar-refractivity contribution in [3.63, 3.8) is 0 Å². The number of rotatable bonds is 4. The highest BCUT2D eigenvalue weighted by atomic mass is 35.5. The minimum Gasteiger partial charge on any atom is -0.455 e. The van der Waals surface area contributed by atoms with Crippen LogP contribution in [0, 0.1) is 13.8 Å². The molecule has 0 fully saturated rings. The molecular formula is C18H15ClN2O3. The Labute approximate surface area is 144 Å². The van der Waals surface area contributed by atoms with E-state index in [9.17, 15) is 4.79 Å². The van der Waals surface area contributed by atoms with Crippen LogP contribution in [0.4, 0.5) is 5.69 Å². The number of nitrogens with zero attached hydrogens (tertiary/aromatic N) is 1. The fourth-order valence-electron chi connectivity index (χ4n) is 2.30. The maximum absolute atomic E-state index is 12.5. The Hall–Kier alpha value is -2.79. The lowest BCUT2D eigenvalue weighted by atomic mass is 10.2. The van der Waals surface area contributed by atoms with Gasteiger partial charge in [-0.1, -0.05) is 35.0 Å². The van der Waals surface area contributed by atoms with Gasteiger partial charge in [0, 0.05) is 5.02 Å². The topological polar surface area (TPSA) is 64.4 Å². The summed E-state index contributed by atoms with van der Waals surface area (Å²) in [4.78, 5) is 12.5. The Morgan fingerprint density at radius 2 is 1.92 bits per heavy atom. The number of halogens is 1. The number of hydrogen-bond acceptors (Lipinski definition) is 4. The molecule has 0 aliphatic carbocycles. The molecule has 1 heterocycles. The highest BCUT2D eigenvalue weighted by Crippen LogP contribution is 2.32. The molecule has 0 bridgehead atoms. The predicted molar refractivity (Wildman–Crippen MR) is 91.9 cm³/mol. The molecule has 2 aromatic carbocycles. The van der Waals surface area contributed by atoms with Gasteiger partial charge in [0.1, 0.15) is 17.1 Å². The third-order valence-electron chi connectivity index (χ3n) is 3.42. The van der Waals surface area contributed by atoms with Crippen LogP contribution >= 0.6 is 11.6 Å². The van der Waals surface area contributed by atoms with Crippen molar-refractivity contribution in [2.75, 3.05) is 5.32 Å². The molecule has 1 N–H and O–H groups in total. The quantitative estimate of drug-likeness (QED) is 0.725. The molecule has 0 saturated heterocycles. The van der Waals surface area contributed by atoms with E-state index in [-0.39, 0.29) is 5.91 Å². The number of nitrogens with one attached hydrogen (secondary N) is 1. The van der Waals surface area contributed by atoms with E-state index in [1.54, 1.807) is 32.0 Å². The van der Waals surface area contributed by atoms with Gasteiger partial charge in [-0.3, -0.25) is 4.79 Å². The second kappa shape index (κ2) is 6.76. The number of aromatic nitrogens is 1. The number of aryl methyl sites for hydroxylation is 2. The molecule has 24 heavy (non-hydrogen) atoms. The molecule has 3 aromatic rings. The van der Waals surface area contributed by atoms with E-state index < -0.39 is 0 Å². The summed E-state index contributed by atoms with van der Waals surface area (Å²) in [7, 11) is 0. The van der Waals surface area contributed by atoms with Crippen molar-refractivity contribution in [1.82, 2.24) is 5.16 Å². The molecule has 5 nitrogen and oxygen atoms in total. The summed E-state index contributed by atoms with van der Waals surface area (Å²) in [6.45, 7) is 3.40. The van der Waals surface area contributed by atoms with Gasteiger partial charge in [-0.25, -0.2) is 0 Å². The highest BCUT2D eigenvalue weighted by Gasteiger charge is 2.19. The average Bonchev–Trinajstić information content (AvgIpc) is 2.90. The largest absolute Gasteiger partial charge is 0.455 e. The molecule has 0 saturated carbocycles. The van der Waals surface area contributed by atoms with Crippen LogP contribution in [0.5, 0.6) is 11.5 Å². The third-order valence-corrected chi connectivity index (χ3v) is 3.66. The molecule has 0 aliphatic rings. The summed E-state index contributed by atoms with van der Waals surface area (Å²) >= 11 is 6.05. The molecule has 6 heteroatoms. The minimum absolute atomic E-state index is 0.327. The molecule has 0 unspecified atom stereocenters. The van der Waals surface area contributed by atoms with Crippen molar-refractivity contribution in [1.29, 1.82) is 0 Å². The van der Waals surface area contributed by atoms with Crippen LogP contribution in [0.15, 0.2) is 53.1 Å². The SMILES string of the molecule is Cc1noc(C)c1C(=O)Nc1cc(Cl)ccc1Oc1ccccc1. The smallest absolute Gasteiger partial charge is 0.261 e. The number of para-hydroxylation sites is 1. The van der Waals surface area contributed by atoms with Crippen LogP contribution in [0.2, 0.25) is 5.02 Å². The Kier molecular flexibility index (Phi) is 4.53. The van der Waals surface area contributed by atoms with Gasteiger partial charge in [-0.15, -0.1) is 0 Å². The van der Waals surface area contributed by atoms with Crippen LogP contribution in [-0.4, -0.2) is 11.1 Å². The van der Waals surface area contributed by atoms with Crippen LogP contribution in [-0.2, 0) is 0 Å². The van der Waals surface area contributed by atoms with Crippen molar-refractivity contribution in [3.8, 4) is 11.5 Å². The lowest BCUT2D eigenvalue weighted by Crippen LogP contribution is -2.14. The summed E-state index contributed by atoms with van der Waals surface area (Å²) in [5.74, 6) is 1.28. The fourth-order valence-corrected chi connectivity index (χ4v) is 2.47. The molecule has 1 aromatic heterocycles. The Morgan fingerprint density at radius 3 is 2.58 bits per heavy atom. The molecule has 0 spiro atoms. The van der Waals surface area contributed by atoms with E-state index in [1.807, 2.05) is 30.3 Å². The lowest BCUT2D eigenvalue weighted by molar-refractivity contribution is 0.102. The summed E-state index contributed by atoms with van der Waals surface area (Å²) in [5, 5.41) is 7.09. The van der Waals surface area contributed by atoms with E-state index in [4.69, 9.17) is 20.9 Å². The standard InChI is InChI=1S/C18H15ClN2O3/c1-11-17(12(2)24-21-11)18(22)20-15-10-13(19)8-9-16(15)23-14-6-4-3-5-7-14/h3-10H,1-2H3,(H,20,22). The molecule has 0 radical (unpaired) electrons. The lowest BCUT2D eigenvalue weighted by Gasteiger charge is -2.12. The molecular weight excluding hydrogens is 328 g/mol. The Morgan fingerprint density at radius 1 is 1.17 bits per heavy atom. The zero-order chi connectivity index (χ0) is 17.1. The number of anilines is 1. The van der Waals surface area contributed by atoms with Crippen molar-refractivity contribution in [3.05, 3.63) is 70.6 Å². The number of carbonyl (C=O) groups is 1. The minimum atomic E-state index is -0.327. The van der Waals surface area contributed by atoms with Gasteiger partial charge in [0.25, 0.3) is 5.91 Å². The van der Waals surface area contributed by atoms with Gasteiger partial charge < -0.3 is 14.6 Å². The number of amides is 1. The first-order valence-corrected chi connectivity index (χ1v) is 7.69. The summed E-state index contributed by atoms with van der Waals surface area (Å²) in [6, 6.07) is 14.3. The van der Waals surface area contributed by atoms with Crippen molar-refractivity contribution < 1.29 is 14.1 Å². The van der Waals surface area contributed by atoms with Crippen LogP contribution < -0.4 is 10.1 Å². The van der Waals surface area contributed by atoms with Crippen LogP contribution in [0.1, 0.15) is 21.8 Å². The zero-order valence-corrected chi connectivity index (χ0v) is 13.9. The van der Waals surface area contributed by atoms with Crippen molar-refractivity contribution in [2.24, 2.45) is 0 Å². The van der Waals surface area contributed by atoms with Crippen LogP contribution in [0.3, 0.4) is 0 Å². The summed E-state index contributed by atoms with van der Waals surface area (Å²) < 4.78 is 10.9. The van der Waals surface area contributed by atoms with E-state index >= 15 is 0 Å². The predicted octanol–water partition coefficient (Wildman–Crippen LogP) is 4.99. The first-order valence-electron chi connectivity index (χ1n) is 7.31. The summed E-state index contributed by atoms with van der Waals surface area (Å²) in [6.07, 6.45) is 0. The van der Waals surface area contributed by atoms with E-state index in [2.05, 4.69) is 10.5 Å². The average molecular weight is 343 g/mol. The molecule has 0 atom stereocenters. The number of carbonyl (C=O) groups excluding carboxylic acids is 1. The molecule has 0 aliphatic heterocycles. The maximum atomic E-state index is 12.5. The first-order chi connectivity index (χ1) is 11.5. The molecule has 1 amide bonds. The normalized spacial score (nSPS) is 10.5. The van der Waals surface area contributed by atoms with E-state index in [1.165, 1.54) is 0 Å². The van der Waals surface area contributed by atoms with Gasteiger partial charge in [0.15, 0.2) is 5.75 Å². The number of hydrogen-bond donors (Lipinski definition) is 1. The van der Waals surface area contributed by atoms with Gasteiger partial charge in [-0.05, 0) is 44.2 Å². The number of benzene rings is 2. The Bertz CT molecular complexity index is 856. The van der Waals surface area contributed by atoms with Gasteiger partial charge in [0.05, 0.1) is 11.4 Å². The second-order valence-electron chi connectivity index (χ2n) is 5.21. The van der Waals surface area contributed by atoms with Crippen molar-refractivity contribution in [2.45, 2.75) is 13.8 Å². The number of ether oxygens (including phenoxy) is 1. The van der Waals surface area contributed by atoms with Gasteiger partial charge >= 0.3 is 0 Å². The van der Waals surface area contributed by atoms with Crippen molar-refractivity contribution >= 4 is 23.2 Å². The highest BCUT2D eigenvalue weighted by molar-refractivity contribution is 6.31. The Balaban J connectivity index is 1.90. The maximum Gasteiger partial charge on any atom is 0.261 e. The monoisotopic (exact) mass is 342 g/mol.